The molecule has 0 fully saturated rings. The molecule has 0 unspecified atom stereocenters. The Morgan fingerprint density at radius 3 is 1.38 bits per heavy atom. The Labute approximate surface area is 201 Å². The summed E-state index contributed by atoms with van der Waals surface area (Å²) in [6.45, 7) is 12.8. The molecule has 5 rings (SSSR count). The first-order valence-electron chi connectivity index (χ1n) is 11.5. The van der Waals surface area contributed by atoms with Crippen molar-refractivity contribution in [2.45, 2.75) is 41.5 Å². The van der Waals surface area contributed by atoms with Gasteiger partial charge in [-0.3, -0.25) is 18.3 Å². The van der Waals surface area contributed by atoms with Gasteiger partial charge in [0, 0.05) is 24.8 Å². The van der Waals surface area contributed by atoms with E-state index in [4.69, 9.17) is 4.98 Å². The summed E-state index contributed by atoms with van der Waals surface area (Å²) in [5, 5.41) is 0. The smallest absolute Gasteiger partial charge is 0.270 e. The zero-order valence-corrected chi connectivity index (χ0v) is 20.6. The summed E-state index contributed by atoms with van der Waals surface area (Å²) in [6, 6.07) is 14.8. The van der Waals surface area contributed by atoms with E-state index in [1.165, 1.54) is 33.4 Å². The number of hydrogen-bond acceptors (Lipinski definition) is 1. The average Bonchev–Trinajstić information content (AvgIpc) is 3.43. The number of pyridine rings is 1. The Hall–Kier alpha value is -3.99. The summed E-state index contributed by atoms with van der Waals surface area (Å²) < 4.78 is 7.93. The molecular formula is C29H29N5. The van der Waals surface area contributed by atoms with Gasteiger partial charge in [0.05, 0.1) is 11.4 Å². The van der Waals surface area contributed by atoms with Crippen LogP contribution < -0.4 is 9.13 Å². The molecule has 0 saturated carbocycles. The third-order valence-corrected chi connectivity index (χ3v) is 6.13. The Morgan fingerprint density at radius 1 is 0.618 bits per heavy atom. The van der Waals surface area contributed by atoms with Crippen LogP contribution in [0.2, 0.25) is 0 Å². The van der Waals surface area contributed by atoms with Crippen LogP contribution in [0.15, 0.2) is 67.3 Å². The number of nitrogens with zero attached hydrogens (tertiary/aromatic N) is 5. The van der Waals surface area contributed by atoms with Gasteiger partial charge in [0.25, 0.3) is 12.7 Å². The molecule has 0 N–H and O–H groups in total. The second-order valence-electron chi connectivity index (χ2n) is 9.12. The van der Waals surface area contributed by atoms with Crippen LogP contribution in [-0.4, -0.2) is 14.1 Å². The lowest BCUT2D eigenvalue weighted by Crippen LogP contribution is -2.31. The molecule has 0 aliphatic heterocycles. The molecule has 2 aromatic carbocycles. The Balaban J connectivity index is 1.49. The van der Waals surface area contributed by atoms with Gasteiger partial charge in [-0.1, -0.05) is 41.5 Å². The first-order chi connectivity index (χ1) is 16.3. The highest BCUT2D eigenvalue weighted by atomic mass is 15.2. The van der Waals surface area contributed by atoms with Gasteiger partial charge in [0.2, 0.25) is 0 Å². The molecule has 5 heteroatoms. The minimum atomic E-state index is 0.801. The van der Waals surface area contributed by atoms with E-state index in [1.54, 1.807) is 0 Å². The van der Waals surface area contributed by atoms with Crippen molar-refractivity contribution < 1.29 is 9.13 Å². The number of aryl methyl sites for hydroxylation is 6. The molecule has 34 heavy (non-hydrogen) atoms. The van der Waals surface area contributed by atoms with E-state index in [1.807, 2.05) is 61.3 Å². The molecule has 0 amide bonds. The van der Waals surface area contributed by atoms with Crippen molar-refractivity contribution in [3.8, 4) is 23.0 Å². The highest BCUT2D eigenvalue weighted by Crippen LogP contribution is 2.18. The molecule has 3 aromatic heterocycles. The lowest BCUT2D eigenvalue weighted by atomic mass is 10.1. The third kappa shape index (κ3) is 3.94. The summed E-state index contributed by atoms with van der Waals surface area (Å²) in [5.74, 6) is 1.60. The number of imidazole rings is 2. The Morgan fingerprint density at radius 2 is 1.00 bits per heavy atom. The van der Waals surface area contributed by atoms with E-state index in [9.17, 15) is 0 Å². The largest absolute Gasteiger partial charge is 0.298 e. The quantitative estimate of drug-likeness (QED) is 0.291. The zero-order valence-electron chi connectivity index (χ0n) is 20.6. The molecular weight excluding hydrogens is 418 g/mol. The second kappa shape index (κ2) is 8.41. The third-order valence-electron chi connectivity index (χ3n) is 6.13. The summed E-state index contributed by atoms with van der Waals surface area (Å²) in [5.41, 5.74) is 9.76. The van der Waals surface area contributed by atoms with Crippen molar-refractivity contribution in [2.24, 2.45) is 0 Å². The van der Waals surface area contributed by atoms with Crippen molar-refractivity contribution in [1.29, 1.82) is 0 Å². The van der Waals surface area contributed by atoms with Crippen molar-refractivity contribution in [3.63, 3.8) is 0 Å². The maximum Gasteiger partial charge on any atom is 0.270 e. The first kappa shape index (κ1) is 21.8. The van der Waals surface area contributed by atoms with Crippen LogP contribution in [0.4, 0.5) is 0 Å². The highest BCUT2D eigenvalue weighted by Gasteiger charge is 2.12. The van der Waals surface area contributed by atoms with Gasteiger partial charge in [-0.05, 0) is 75.9 Å². The topological polar surface area (TPSA) is 30.5 Å². The van der Waals surface area contributed by atoms with Gasteiger partial charge < -0.3 is 0 Å². The summed E-state index contributed by atoms with van der Waals surface area (Å²) in [6.07, 6.45) is 14.9. The Kier molecular flexibility index (Phi) is 5.40. The van der Waals surface area contributed by atoms with Crippen molar-refractivity contribution >= 4 is 0 Å². The number of rotatable bonds is 4. The van der Waals surface area contributed by atoms with Crippen LogP contribution >= 0.6 is 0 Å². The van der Waals surface area contributed by atoms with E-state index in [0.717, 1.165) is 23.0 Å². The van der Waals surface area contributed by atoms with E-state index in [-0.39, 0.29) is 0 Å². The molecule has 5 nitrogen and oxygen atoms in total. The second-order valence-corrected chi connectivity index (χ2v) is 9.12. The Bertz CT molecular complexity index is 1360. The van der Waals surface area contributed by atoms with Crippen LogP contribution in [0.1, 0.15) is 33.4 Å². The zero-order chi connectivity index (χ0) is 24.0. The minimum Gasteiger partial charge on any atom is -0.298 e. The standard InChI is InChI=1S/C29H29N5/c1-20-14-22(3)28(23(4)15-20)33-12-10-31(18-33)26-8-7-9-27(30-26)32-11-13-34(19-32)29-24(5)16-21(2)17-25(29)6/h7-17H,1-6H3. The average molecular weight is 448 g/mol. The number of aromatic nitrogens is 5. The molecule has 0 aliphatic carbocycles. The van der Waals surface area contributed by atoms with Crippen LogP contribution in [0, 0.1) is 54.2 Å². The van der Waals surface area contributed by atoms with Crippen molar-refractivity contribution in [1.82, 2.24) is 14.1 Å². The van der Waals surface area contributed by atoms with Gasteiger partial charge in [-0.2, -0.15) is 0 Å². The number of benzene rings is 2. The van der Waals surface area contributed by atoms with Crippen LogP contribution in [0.5, 0.6) is 0 Å². The lowest BCUT2D eigenvalue weighted by Gasteiger charge is -2.11. The molecule has 0 radical (unpaired) electrons. The maximum atomic E-state index is 4.88. The van der Waals surface area contributed by atoms with Crippen molar-refractivity contribution in [2.75, 3.05) is 0 Å². The van der Waals surface area contributed by atoms with E-state index in [0.29, 0.717) is 0 Å². The van der Waals surface area contributed by atoms with E-state index in [2.05, 4.69) is 78.5 Å². The molecule has 170 valence electrons. The summed E-state index contributed by atoms with van der Waals surface area (Å²) in [7, 11) is 0. The van der Waals surface area contributed by atoms with Gasteiger partial charge in [-0.25, -0.2) is 4.98 Å². The molecule has 0 atom stereocenters. The monoisotopic (exact) mass is 447 g/mol. The SMILES string of the molecule is Cc1cc(C)c(-[n+]2[c-]n(-c3cccc(-n4[c-][n+](-c5c(C)cc(C)cc5C)cc4)n3)cc2)c(C)c1. The molecule has 5 aromatic rings. The lowest BCUT2D eigenvalue weighted by molar-refractivity contribution is -0.600. The van der Waals surface area contributed by atoms with Crippen LogP contribution in [0.25, 0.3) is 23.0 Å². The fraction of sp³-hybridized carbons (Fsp3) is 0.207. The van der Waals surface area contributed by atoms with E-state index >= 15 is 0 Å². The predicted octanol–water partition coefficient (Wildman–Crippen LogP) is 4.67. The fourth-order valence-corrected chi connectivity index (χ4v) is 4.92. The van der Waals surface area contributed by atoms with Gasteiger partial charge in [-0.15, -0.1) is 0 Å². The summed E-state index contributed by atoms with van der Waals surface area (Å²) >= 11 is 0. The maximum absolute atomic E-state index is 4.88. The predicted molar refractivity (Wildman–Crippen MR) is 132 cm³/mol. The minimum absolute atomic E-state index is 0.801. The molecule has 0 saturated heterocycles. The molecule has 0 bridgehead atoms. The van der Waals surface area contributed by atoms with E-state index < -0.39 is 0 Å². The van der Waals surface area contributed by atoms with Gasteiger partial charge >= 0.3 is 0 Å². The first-order valence-corrected chi connectivity index (χ1v) is 11.5. The number of hydrogen-bond donors (Lipinski definition) is 0. The normalized spacial score (nSPS) is 11.2. The van der Waals surface area contributed by atoms with Crippen molar-refractivity contribution in [3.05, 3.63) is 113 Å². The molecule has 3 heterocycles. The molecule has 0 aliphatic rings. The van der Waals surface area contributed by atoms with Gasteiger partial charge in [0.1, 0.15) is 0 Å². The summed E-state index contributed by atoms with van der Waals surface area (Å²) in [4.78, 5) is 4.88. The van der Waals surface area contributed by atoms with Crippen LogP contribution in [-0.2, 0) is 0 Å². The van der Waals surface area contributed by atoms with Crippen LogP contribution in [0.3, 0.4) is 0 Å². The highest BCUT2D eigenvalue weighted by molar-refractivity contribution is 5.44. The fourth-order valence-electron chi connectivity index (χ4n) is 4.92. The molecule has 0 spiro atoms. The van der Waals surface area contributed by atoms with Gasteiger partial charge in [0.15, 0.2) is 11.6 Å².